The predicted octanol–water partition coefficient (Wildman–Crippen LogP) is 13.0. The van der Waals surface area contributed by atoms with Gasteiger partial charge in [0.2, 0.25) is 11.8 Å². The number of hydrogen-bond acceptors (Lipinski definition) is 15. The molecule has 17 heteroatoms. The molecule has 4 aromatic carbocycles. The molecule has 434 valence electrons. The molecule has 0 aliphatic heterocycles. The number of fused-ring (bicyclic) bond motifs is 3. The molecule has 2 amide bonds. The first-order chi connectivity index (χ1) is 42.1. The van der Waals surface area contributed by atoms with Crippen molar-refractivity contribution in [3.05, 3.63) is 239 Å². The van der Waals surface area contributed by atoms with E-state index in [1.54, 1.807) is 42.5 Å². The Bertz CT molecular complexity index is 3930. The molecule has 0 spiro atoms. The molecule has 6 aromatic heterocycles. The molecule has 0 saturated carbocycles. The average Bonchev–Trinajstić information content (AvgIpc) is 2.09. The number of oxazole rings is 2. The van der Waals surface area contributed by atoms with E-state index in [0.717, 1.165) is 39.8 Å². The van der Waals surface area contributed by atoms with Crippen LogP contribution < -0.4 is 10.6 Å². The number of ether oxygens (including phenoxy) is 3. The van der Waals surface area contributed by atoms with Gasteiger partial charge in [-0.05, 0) is 109 Å². The highest BCUT2D eigenvalue weighted by molar-refractivity contribution is 5.93. The predicted molar refractivity (Wildman–Crippen MR) is 325 cm³/mol. The quantitative estimate of drug-likeness (QED) is 0.0539. The molecule has 0 bridgehead atoms. The maximum Gasteiger partial charge on any atom is 0.407 e. The summed E-state index contributed by atoms with van der Waals surface area (Å²) in [6, 6.07) is 55.7. The Kier molecular flexibility index (Phi) is 18.3. The third-order valence-electron chi connectivity index (χ3n) is 14.7. The number of carbonyl (C=O) groups is 3. The first-order valence-electron chi connectivity index (χ1n) is 28.9. The number of amides is 2. The van der Waals surface area contributed by atoms with Crippen LogP contribution in [-0.2, 0) is 40.3 Å². The number of aromatic nitrogens is 6. The average molecular weight is 1150 g/mol. The molecule has 1 aliphatic carbocycles. The zero-order valence-corrected chi connectivity index (χ0v) is 48.3. The molecule has 17 nitrogen and oxygen atoms in total. The van der Waals surface area contributed by atoms with Gasteiger partial charge in [-0.2, -0.15) is 0 Å². The third kappa shape index (κ3) is 13.7. The molecule has 6 heterocycles. The third-order valence-corrected chi connectivity index (χ3v) is 14.7. The van der Waals surface area contributed by atoms with Gasteiger partial charge in [0.05, 0.1) is 48.1 Å². The van der Waals surface area contributed by atoms with Crippen molar-refractivity contribution in [2.24, 2.45) is 0 Å². The molecule has 0 radical (unpaired) electrons. The van der Waals surface area contributed by atoms with Crippen LogP contribution >= 0.6 is 0 Å². The van der Waals surface area contributed by atoms with Gasteiger partial charge in [-0.1, -0.05) is 147 Å². The van der Waals surface area contributed by atoms with E-state index in [0.29, 0.717) is 82.9 Å². The summed E-state index contributed by atoms with van der Waals surface area (Å²) in [7, 11) is 3.95. The number of likely N-dealkylation sites (N-methyl/N-ethyl adjacent to an activating group) is 1. The van der Waals surface area contributed by atoms with Crippen LogP contribution in [0.4, 0.5) is 4.79 Å². The number of rotatable bonds is 24. The van der Waals surface area contributed by atoms with E-state index >= 15 is 0 Å². The second kappa shape index (κ2) is 27.2. The Morgan fingerprint density at radius 3 is 1.64 bits per heavy atom. The molecule has 2 N–H and O–H groups in total. The maximum absolute atomic E-state index is 14.6. The van der Waals surface area contributed by atoms with Crippen molar-refractivity contribution in [3.63, 3.8) is 0 Å². The van der Waals surface area contributed by atoms with Crippen molar-refractivity contribution in [3.8, 4) is 57.1 Å². The van der Waals surface area contributed by atoms with Gasteiger partial charge in [-0.3, -0.25) is 4.79 Å². The summed E-state index contributed by atoms with van der Waals surface area (Å²) in [6.07, 6.45) is 1.78. The Balaban J connectivity index is 0.821. The van der Waals surface area contributed by atoms with E-state index in [-0.39, 0.29) is 55.5 Å². The summed E-state index contributed by atoms with van der Waals surface area (Å²) in [5.41, 5.74) is 10.4. The molecule has 1 aliphatic rings. The standard InChI is InChI=1S/C69H65N9O8/c1-5-21-61-63(55-33-20-37-59(73-55)68(80)83-41-45-24-11-8-12-25-45)76-66(85-61)58-36-18-31-53(71-58)60(43-82-40-44-22-9-7-10-23-44)74-65(79)56-34-19-32-54(72-56)64-62(38-39-78(3)4)86-67(77-64)57-35-17-30-52(70-57)51(6-2)75-69(81)84-42-50-48-28-15-13-26-46(48)47-27-14-16-29-49(47)50/h7-20,22-37,50-51,60H,5-6,21,38-43H2,1-4H3,(H,74,79)(H,75,81). The second-order valence-corrected chi connectivity index (χ2v) is 21.1. The number of carbonyl (C=O) groups excluding carboxylic acids is 3. The van der Waals surface area contributed by atoms with Gasteiger partial charge in [-0.15, -0.1) is 0 Å². The van der Waals surface area contributed by atoms with Crippen molar-refractivity contribution >= 4 is 18.0 Å². The number of nitrogens with one attached hydrogen (secondary N) is 2. The summed E-state index contributed by atoms with van der Waals surface area (Å²) in [5, 5.41) is 6.19. The Labute approximate surface area is 498 Å². The van der Waals surface area contributed by atoms with Crippen LogP contribution in [-0.4, -0.2) is 86.6 Å². The van der Waals surface area contributed by atoms with Crippen molar-refractivity contribution in [2.45, 2.75) is 70.7 Å². The minimum absolute atomic E-state index is 0.0548. The SMILES string of the molecule is CCCc1oc(-c2cccc(C(COCc3ccccc3)NC(=O)c3cccc(-c4nc(-c5cccc(C(CC)NC(=O)OCC6c7ccccc7-c7ccccc76)n5)oc4CCN(C)C)n3)n2)nc1-c1cccc(C(=O)OCc2ccccc2)n1. The molecule has 0 fully saturated rings. The van der Waals surface area contributed by atoms with E-state index in [1.807, 2.05) is 148 Å². The van der Waals surface area contributed by atoms with Crippen LogP contribution in [0.1, 0.15) is 111 Å². The van der Waals surface area contributed by atoms with Crippen molar-refractivity contribution in [1.82, 2.24) is 45.4 Å². The van der Waals surface area contributed by atoms with Crippen LogP contribution in [0.25, 0.3) is 57.1 Å². The van der Waals surface area contributed by atoms with Gasteiger partial charge in [0.1, 0.15) is 58.9 Å². The lowest BCUT2D eigenvalue weighted by Gasteiger charge is -2.19. The Hall–Kier alpha value is -9.97. The first-order valence-corrected chi connectivity index (χ1v) is 28.9. The lowest BCUT2D eigenvalue weighted by atomic mass is 9.98. The largest absolute Gasteiger partial charge is 0.456 e. The zero-order valence-electron chi connectivity index (χ0n) is 48.3. The van der Waals surface area contributed by atoms with Crippen LogP contribution in [0.15, 0.2) is 191 Å². The lowest BCUT2D eigenvalue weighted by molar-refractivity contribution is 0.0465. The number of hydrogen-bond donors (Lipinski definition) is 2. The molecular weight excluding hydrogens is 1080 g/mol. The number of benzene rings is 4. The van der Waals surface area contributed by atoms with E-state index in [4.69, 9.17) is 48.0 Å². The fraction of sp³-hybridized carbons (Fsp3) is 0.232. The normalized spacial score (nSPS) is 12.5. The van der Waals surface area contributed by atoms with Crippen molar-refractivity contribution in [2.75, 3.05) is 33.9 Å². The molecule has 2 unspecified atom stereocenters. The van der Waals surface area contributed by atoms with Crippen LogP contribution in [0.2, 0.25) is 0 Å². The summed E-state index contributed by atoms with van der Waals surface area (Å²) < 4.78 is 30.8. The monoisotopic (exact) mass is 1150 g/mol. The minimum Gasteiger partial charge on any atom is -0.456 e. The minimum atomic E-state index is -0.764. The van der Waals surface area contributed by atoms with Crippen LogP contribution in [0, 0.1) is 0 Å². The fourth-order valence-corrected chi connectivity index (χ4v) is 10.4. The van der Waals surface area contributed by atoms with Crippen LogP contribution in [0.5, 0.6) is 0 Å². The molecular formula is C69H65N9O8. The number of esters is 1. The van der Waals surface area contributed by atoms with Crippen LogP contribution in [0.3, 0.4) is 0 Å². The maximum atomic E-state index is 14.6. The molecule has 86 heavy (non-hydrogen) atoms. The lowest BCUT2D eigenvalue weighted by Crippen LogP contribution is -2.32. The molecule has 11 rings (SSSR count). The fourth-order valence-electron chi connectivity index (χ4n) is 10.4. The number of pyridine rings is 4. The highest BCUT2D eigenvalue weighted by Gasteiger charge is 2.30. The summed E-state index contributed by atoms with van der Waals surface area (Å²) >= 11 is 0. The van der Waals surface area contributed by atoms with Gasteiger partial charge in [-0.25, -0.2) is 39.5 Å². The Morgan fingerprint density at radius 2 is 1.05 bits per heavy atom. The summed E-state index contributed by atoms with van der Waals surface area (Å²) in [6.45, 7) is 5.28. The van der Waals surface area contributed by atoms with Gasteiger partial charge in [0, 0.05) is 25.3 Å². The highest BCUT2D eigenvalue weighted by atomic mass is 16.5. The second-order valence-electron chi connectivity index (χ2n) is 21.1. The topological polar surface area (TPSA) is 210 Å². The highest BCUT2D eigenvalue weighted by Crippen LogP contribution is 2.44. The first kappa shape index (κ1) is 57.8. The van der Waals surface area contributed by atoms with E-state index in [9.17, 15) is 14.4 Å². The van der Waals surface area contributed by atoms with Gasteiger partial charge in [0.15, 0.2) is 0 Å². The van der Waals surface area contributed by atoms with Gasteiger partial charge >= 0.3 is 12.1 Å². The smallest absolute Gasteiger partial charge is 0.407 e. The van der Waals surface area contributed by atoms with E-state index in [1.165, 1.54) is 0 Å². The number of aryl methyl sites for hydroxylation is 1. The number of alkyl carbamates (subject to hydrolysis) is 1. The van der Waals surface area contributed by atoms with Gasteiger partial charge in [0.25, 0.3) is 5.91 Å². The molecule has 0 saturated heterocycles. The molecule has 10 aromatic rings. The van der Waals surface area contributed by atoms with E-state index < -0.39 is 30.1 Å². The number of nitrogens with zero attached hydrogens (tertiary/aromatic N) is 7. The summed E-state index contributed by atoms with van der Waals surface area (Å²) in [4.78, 5) is 72.7. The van der Waals surface area contributed by atoms with Crippen molar-refractivity contribution in [1.29, 1.82) is 0 Å². The van der Waals surface area contributed by atoms with E-state index in [2.05, 4.69) is 39.9 Å². The van der Waals surface area contributed by atoms with Gasteiger partial charge < -0.3 is 38.6 Å². The zero-order chi connectivity index (χ0) is 59.4. The summed E-state index contributed by atoms with van der Waals surface area (Å²) in [5.74, 6) is 0.521. The van der Waals surface area contributed by atoms with Crippen molar-refractivity contribution < 1.29 is 37.4 Å². The molecule has 2 atom stereocenters. The Morgan fingerprint density at radius 1 is 0.523 bits per heavy atom.